The van der Waals surface area contributed by atoms with E-state index in [1.54, 1.807) is 12.1 Å². The minimum Gasteiger partial charge on any atom is -0.457 e. The van der Waals surface area contributed by atoms with Crippen molar-refractivity contribution in [2.24, 2.45) is 0 Å². The highest BCUT2D eigenvalue weighted by Gasteiger charge is 2.40. The summed E-state index contributed by atoms with van der Waals surface area (Å²) in [5.41, 5.74) is -0.474. The summed E-state index contributed by atoms with van der Waals surface area (Å²) in [5.74, 6) is -3.59. The quantitative estimate of drug-likeness (QED) is 0.278. The summed E-state index contributed by atoms with van der Waals surface area (Å²) < 4.78 is 61.3. The number of fused-ring (bicyclic) bond motifs is 1. The number of carbonyl (C=O) groups excluding carboxylic acids is 1. The molecular weight excluding hydrogens is 429 g/mol. The van der Waals surface area contributed by atoms with Gasteiger partial charge in [-0.3, -0.25) is 4.79 Å². The molecule has 0 bridgehead atoms. The molecule has 164 valence electrons. The monoisotopic (exact) mass is 444 g/mol. The Labute approximate surface area is 178 Å². The standard InChI is InChI=1S/C23H15F3O6/c1-2-13-5-7-14(8-6-13)30-20-19(27)16-10-9-15(31-22(28)17-4-3-11-29-17)12-18(16)32-21(20)23(24,25)26/h3-12H,2H2,1H3. The third-order valence-corrected chi connectivity index (χ3v) is 4.56. The number of carbonyl (C=O) groups is 1. The SMILES string of the molecule is CCc1ccc(Oc2c(C(F)(F)F)oc3cc(OC(=O)c4ccco4)ccc3c2=O)cc1. The summed E-state index contributed by atoms with van der Waals surface area (Å²) in [6, 6.07) is 12.6. The van der Waals surface area contributed by atoms with E-state index in [9.17, 15) is 22.8 Å². The number of esters is 1. The van der Waals surface area contributed by atoms with Crippen LogP contribution in [0.1, 0.15) is 28.8 Å². The molecule has 0 aliphatic rings. The summed E-state index contributed by atoms with van der Waals surface area (Å²) in [6.45, 7) is 1.93. The van der Waals surface area contributed by atoms with Gasteiger partial charge in [0, 0.05) is 6.07 Å². The Bertz CT molecular complexity index is 1320. The molecule has 6 nitrogen and oxygen atoms in total. The number of hydrogen-bond donors (Lipinski definition) is 0. The second-order valence-corrected chi connectivity index (χ2v) is 6.71. The molecule has 32 heavy (non-hydrogen) atoms. The van der Waals surface area contributed by atoms with Gasteiger partial charge in [0.25, 0.3) is 5.76 Å². The lowest BCUT2D eigenvalue weighted by Gasteiger charge is -2.13. The summed E-state index contributed by atoms with van der Waals surface area (Å²) >= 11 is 0. The maximum Gasteiger partial charge on any atom is 0.453 e. The molecular formula is C23H15F3O6. The number of benzene rings is 2. The molecule has 0 spiro atoms. The molecule has 0 aliphatic carbocycles. The lowest BCUT2D eigenvalue weighted by molar-refractivity contribution is -0.154. The topological polar surface area (TPSA) is 78.9 Å². The largest absolute Gasteiger partial charge is 0.457 e. The predicted molar refractivity (Wildman–Crippen MR) is 107 cm³/mol. The molecule has 2 aromatic heterocycles. The van der Waals surface area contributed by atoms with Crippen LogP contribution in [0.4, 0.5) is 13.2 Å². The number of aryl methyl sites for hydroxylation is 1. The van der Waals surface area contributed by atoms with Crippen LogP contribution in [0.3, 0.4) is 0 Å². The minimum atomic E-state index is -5.01. The average molecular weight is 444 g/mol. The maximum absolute atomic E-state index is 13.7. The molecule has 0 atom stereocenters. The van der Waals surface area contributed by atoms with Gasteiger partial charge in [-0.25, -0.2) is 4.79 Å². The van der Waals surface area contributed by atoms with Crippen molar-refractivity contribution >= 4 is 16.9 Å². The number of ether oxygens (including phenoxy) is 2. The Kier molecular flexibility index (Phi) is 5.48. The van der Waals surface area contributed by atoms with Crippen LogP contribution in [0.15, 0.2) is 74.5 Å². The number of halogens is 3. The van der Waals surface area contributed by atoms with Gasteiger partial charge in [-0.2, -0.15) is 13.2 Å². The highest BCUT2D eigenvalue weighted by Crippen LogP contribution is 2.38. The molecule has 0 amide bonds. The Morgan fingerprint density at radius 3 is 2.38 bits per heavy atom. The van der Waals surface area contributed by atoms with E-state index in [2.05, 4.69) is 0 Å². The van der Waals surface area contributed by atoms with E-state index in [0.717, 1.165) is 18.1 Å². The van der Waals surface area contributed by atoms with E-state index < -0.39 is 34.7 Å². The normalized spacial score (nSPS) is 11.5. The maximum atomic E-state index is 13.7. The molecule has 2 heterocycles. The van der Waals surface area contributed by atoms with E-state index in [0.29, 0.717) is 0 Å². The fourth-order valence-electron chi connectivity index (χ4n) is 2.96. The van der Waals surface area contributed by atoms with E-state index in [4.69, 9.17) is 18.3 Å². The van der Waals surface area contributed by atoms with Crippen molar-refractivity contribution in [2.45, 2.75) is 19.5 Å². The van der Waals surface area contributed by atoms with Crippen LogP contribution in [-0.4, -0.2) is 5.97 Å². The third kappa shape index (κ3) is 4.22. The molecule has 9 heteroatoms. The van der Waals surface area contributed by atoms with Crippen molar-refractivity contribution in [1.82, 2.24) is 0 Å². The van der Waals surface area contributed by atoms with E-state index in [-0.39, 0.29) is 22.6 Å². The van der Waals surface area contributed by atoms with Crippen LogP contribution in [0, 0.1) is 0 Å². The summed E-state index contributed by atoms with van der Waals surface area (Å²) in [5, 5.41) is -0.170. The Balaban J connectivity index is 1.76. The van der Waals surface area contributed by atoms with Crippen LogP contribution in [0.2, 0.25) is 0 Å². The fourth-order valence-corrected chi connectivity index (χ4v) is 2.96. The Hall–Kier alpha value is -4.01. The molecule has 4 aromatic rings. The van der Waals surface area contributed by atoms with Gasteiger partial charge in [0.2, 0.25) is 16.9 Å². The van der Waals surface area contributed by atoms with Crippen molar-refractivity contribution in [3.8, 4) is 17.2 Å². The highest BCUT2D eigenvalue weighted by molar-refractivity contribution is 5.89. The summed E-state index contributed by atoms with van der Waals surface area (Å²) in [6.07, 6.45) is -3.01. The van der Waals surface area contributed by atoms with Crippen LogP contribution in [-0.2, 0) is 12.6 Å². The molecule has 0 saturated heterocycles. The first-order valence-electron chi connectivity index (χ1n) is 9.47. The first-order valence-corrected chi connectivity index (χ1v) is 9.47. The van der Waals surface area contributed by atoms with Crippen LogP contribution in [0.25, 0.3) is 11.0 Å². The molecule has 0 saturated carbocycles. The Morgan fingerprint density at radius 1 is 1.03 bits per heavy atom. The second kappa shape index (κ2) is 8.26. The first kappa shape index (κ1) is 21.2. The lowest BCUT2D eigenvalue weighted by Crippen LogP contribution is -2.15. The zero-order valence-electron chi connectivity index (χ0n) is 16.6. The van der Waals surface area contributed by atoms with Gasteiger partial charge in [0.1, 0.15) is 17.1 Å². The zero-order chi connectivity index (χ0) is 22.9. The van der Waals surface area contributed by atoms with Crippen LogP contribution < -0.4 is 14.9 Å². The van der Waals surface area contributed by atoms with E-state index in [1.165, 1.54) is 42.7 Å². The predicted octanol–water partition coefficient (Wildman–Crippen LogP) is 5.98. The van der Waals surface area contributed by atoms with Gasteiger partial charge in [-0.05, 0) is 48.4 Å². The van der Waals surface area contributed by atoms with Gasteiger partial charge in [-0.1, -0.05) is 19.1 Å². The molecule has 0 aliphatic heterocycles. The van der Waals surface area contributed by atoms with Gasteiger partial charge in [-0.15, -0.1) is 0 Å². The van der Waals surface area contributed by atoms with Crippen molar-refractivity contribution in [3.05, 3.63) is 88.2 Å². The summed E-state index contributed by atoms with van der Waals surface area (Å²) in [4.78, 5) is 24.8. The highest BCUT2D eigenvalue weighted by atomic mass is 19.4. The molecule has 0 unspecified atom stereocenters. The van der Waals surface area contributed by atoms with Crippen molar-refractivity contribution in [2.75, 3.05) is 0 Å². The molecule has 0 radical (unpaired) electrons. The van der Waals surface area contributed by atoms with E-state index >= 15 is 0 Å². The number of rotatable bonds is 5. The third-order valence-electron chi connectivity index (χ3n) is 4.56. The van der Waals surface area contributed by atoms with Crippen molar-refractivity contribution in [1.29, 1.82) is 0 Å². The number of hydrogen-bond acceptors (Lipinski definition) is 6. The second-order valence-electron chi connectivity index (χ2n) is 6.71. The molecule has 4 rings (SSSR count). The molecule has 2 aromatic carbocycles. The molecule has 0 fully saturated rings. The minimum absolute atomic E-state index is 0.0587. The summed E-state index contributed by atoms with van der Waals surface area (Å²) in [7, 11) is 0. The zero-order valence-corrected chi connectivity index (χ0v) is 16.6. The average Bonchev–Trinajstić information content (AvgIpc) is 3.30. The fraction of sp³-hybridized carbons (Fsp3) is 0.130. The van der Waals surface area contributed by atoms with E-state index in [1.807, 2.05) is 6.92 Å². The van der Waals surface area contributed by atoms with Gasteiger partial charge in [0.15, 0.2) is 0 Å². The van der Waals surface area contributed by atoms with Crippen molar-refractivity contribution in [3.63, 3.8) is 0 Å². The van der Waals surface area contributed by atoms with Gasteiger partial charge < -0.3 is 18.3 Å². The van der Waals surface area contributed by atoms with Crippen LogP contribution in [0.5, 0.6) is 17.2 Å². The van der Waals surface area contributed by atoms with Crippen LogP contribution >= 0.6 is 0 Å². The van der Waals surface area contributed by atoms with Gasteiger partial charge >= 0.3 is 12.1 Å². The molecule has 0 N–H and O–H groups in total. The van der Waals surface area contributed by atoms with Gasteiger partial charge in [0.05, 0.1) is 11.6 Å². The Morgan fingerprint density at radius 2 is 1.75 bits per heavy atom. The first-order chi connectivity index (χ1) is 15.3. The van der Waals surface area contributed by atoms with Crippen molar-refractivity contribution < 1.29 is 36.3 Å². The lowest BCUT2D eigenvalue weighted by atomic mass is 10.1. The smallest absolute Gasteiger partial charge is 0.453 e. The number of furan rings is 1. The number of alkyl halides is 3.